The molecule has 1 heterocycles. The van der Waals surface area contributed by atoms with Gasteiger partial charge in [-0.25, -0.2) is 13.8 Å². The predicted octanol–water partition coefficient (Wildman–Crippen LogP) is 4.00. The average Bonchev–Trinajstić information content (AvgIpc) is 2.28. The molecule has 0 saturated carbocycles. The van der Waals surface area contributed by atoms with Gasteiger partial charge >= 0.3 is 0 Å². The van der Waals surface area contributed by atoms with E-state index in [1.807, 2.05) is 0 Å². The van der Waals surface area contributed by atoms with Gasteiger partial charge in [0.15, 0.2) is 0 Å². The third-order valence-corrected chi connectivity index (χ3v) is 2.44. The summed E-state index contributed by atoms with van der Waals surface area (Å²) < 4.78 is 39.8. The van der Waals surface area contributed by atoms with E-state index < -0.39 is 11.9 Å². The summed E-state index contributed by atoms with van der Waals surface area (Å²) in [6.45, 7) is 0.823. The normalized spacial score (nSPS) is 11.5. The molecule has 4 heteroatoms. The number of hydrogen-bond acceptors (Lipinski definition) is 1. The summed E-state index contributed by atoms with van der Waals surface area (Å²) in [5.41, 5.74) is 0.599. The van der Waals surface area contributed by atoms with Crippen LogP contribution in [0, 0.1) is 5.95 Å². The number of benzene rings is 1. The van der Waals surface area contributed by atoms with Crippen LogP contribution in [0.1, 0.15) is 12.5 Å². The van der Waals surface area contributed by atoms with Gasteiger partial charge in [-0.15, -0.1) is 0 Å². The molecule has 0 bridgehead atoms. The molecule has 1 aromatic carbocycles. The highest BCUT2D eigenvalue weighted by Gasteiger charge is 2.27. The standard InChI is InChI=1S/C13H10F3N/c1-13(15,16)11-5-3-2-4-10(11)9-6-7-17-12(14)8-9/h2-8H,1H3. The third kappa shape index (κ3) is 2.46. The number of nitrogens with zero attached hydrogens (tertiary/aromatic N) is 1. The average molecular weight is 237 g/mol. The summed E-state index contributed by atoms with van der Waals surface area (Å²) in [4.78, 5) is 3.40. The van der Waals surface area contributed by atoms with Crippen molar-refractivity contribution >= 4 is 0 Å². The van der Waals surface area contributed by atoms with Crippen molar-refractivity contribution in [1.82, 2.24) is 4.98 Å². The number of aromatic nitrogens is 1. The maximum absolute atomic E-state index is 13.4. The Hall–Kier alpha value is -1.84. The SMILES string of the molecule is CC(F)(F)c1ccccc1-c1ccnc(F)c1. The molecule has 17 heavy (non-hydrogen) atoms. The van der Waals surface area contributed by atoms with Crippen molar-refractivity contribution in [2.75, 3.05) is 0 Å². The van der Waals surface area contributed by atoms with Crippen molar-refractivity contribution in [3.8, 4) is 11.1 Å². The van der Waals surface area contributed by atoms with Crippen LogP contribution in [0.4, 0.5) is 13.2 Å². The lowest BCUT2D eigenvalue weighted by Crippen LogP contribution is -2.08. The lowest BCUT2D eigenvalue weighted by Gasteiger charge is -2.15. The first kappa shape index (κ1) is 11.6. The molecule has 0 aliphatic heterocycles. The Balaban J connectivity index is 2.60. The Kier molecular flexibility index (Phi) is 2.88. The molecule has 0 radical (unpaired) electrons. The van der Waals surface area contributed by atoms with Crippen molar-refractivity contribution in [2.45, 2.75) is 12.8 Å². The molecule has 0 aliphatic rings. The molecule has 0 atom stereocenters. The summed E-state index contributed by atoms with van der Waals surface area (Å²) >= 11 is 0. The molecule has 0 amide bonds. The first-order chi connectivity index (χ1) is 7.98. The van der Waals surface area contributed by atoms with Gasteiger partial charge < -0.3 is 0 Å². The second kappa shape index (κ2) is 4.20. The van der Waals surface area contributed by atoms with E-state index in [-0.39, 0.29) is 5.56 Å². The summed E-state index contributed by atoms with van der Waals surface area (Å²) in [5, 5.41) is 0. The second-order valence-corrected chi connectivity index (χ2v) is 3.80. The van der Waals surface area contributed by atoms with E-state index in [4.69, 9.17) is 0 Å². The van der Waals surface area contributed by atoms with Crippen molar-refractivity contribution < 1.29 is 13.2 Å². The van der Waals surface area contributed by atoms with Crippen molar-refractivity contribution in [3.63, 3.8) is 0 Å². The van der Waals surface area contributed by atoms with Gasteiger partial charge in [0.2, 0.25) is 5.95 Å². The van der Waals surface area contributed by atoms with Crippen LogP contribution in [-0.4, -0.2) is 4.98 Å². The highest BCUT2D eigenvalue weighted by atomic mass is 19.3. The maximum Gasteiger partial charge on any atom is 0.271 e. The maximum atomic E-state index is 13.4. The van der Waals surface area contributed by atoms with Crippen LogP contribution in [0.3, 0.4) is 0 Å². The largest absolute Gasteiger partial charge is 0.271 e. The molecule has 0 N–H and O–H groups in total. The molecular weight excluding hydrogens is 227 g/mol. The fourth-order valence-corrected chi connectivity index (χ4v) is 1.69. The van der Waals surface area contributed by atoms with Gasteiger partial charge in [-0.3, -0.25) is 0 Å². The first-order valence-corrected chi connectivity index (χ1v) is 5.08. The van der Waals surface area contributed by atoms with Gasteiger partial charge in [-0.05, 0) is 17.2 Å². The molecule has 0 saturated heterocycles. The number of alkyl halides is 2. The number of pyridine rings is 1. The van der Waals surface area contributed by atoms with E-state index in [9.17, 15) is 13.2 Å². The van der Waals surface area contributed by atoms with E-state index in [0.717, 1.165) is 13.0 Å². The first-order valence-electron chi connectivity index (χ1n) is 5.08. The molecule has 0 spiro atoms. The Bertz CT molecular complexity index is 532. The van der Waals surface area contributed by atoms with E-state index >= 15 is 0 Å². The van der Waals surface area contributed by atoms with Gasteiger partial charge in [0.05, 0.1) is 0 Å². The van der Waals surface area contributed by atoms with Gasteiger partial charge in [0.1, 0.15) is 0 Å². The smallest absolute Gasteiger partial charge is 0.228 e. The minimum Gasteiger partial charge on any atom is -0.228 e. The van der Waals surface area contributed by atoms with Gasteiger partial charge in [-0.1, -0.05) is 24.3 Å². The monoisotopic (exact) mass is 237 g/mol. The van der Waals surface area contributed by atoms with Crippen LogP contribution in [-0.2, 0) is 5.92 Å². The van der Waals surface area contributed by atoms with Crippen LogP contribution in [0.15, 0.2) is 42.6 Å². The second-order valence-electron chi connectivity index (χ2n) is 3.80. The Labute approximate surface area is 96.9 Å². The summed E-state index contributed by atoms with van der Waals surface area (Å²) in [6, 6.07) is 8.71. The highest BCUT2D eigenvalue weighted by Crippen LogP contribution is 2.35. The van der Waals surface area contributed by atoms with Crippen LogP contribution in [0.2, 0.25) is 0 Å². The minimum atomic E-state index is -2.96. The minimum absolute atomic E-state index is 0.120. The fourth-order valence-electron chi connectivity index (χ4n) is 1.69. The van der Waals surface area contributed by atoms with E-state index in [2.05, 4.69) is 4.98 Å². The lowest BCUT2D eigenvalue weighted by atomic mass is 9.97. The fraction of sp³-hybridized carbons (Fsp3) is 0.154. The molecule has 1 nitrogen and oxygen atoms in total. The van der Waals surface area contributed by atoms with Crippen LogP contribution in [0.25, 0.3) is 11.1 Å². The third-order valence-electron chi connectivity index (χ3n) is 2.44. The predicted molar refractivity (Wildman–Crippen MR) is 59.2 cm³/mol. The molecule has 2 rings (SSSR count). The Morgan fingerprint density at radius 1 is 1.12 bits per heavy atom. The van der Waals surface area contributed by atoms with Crippen molar-refractivity contribution in [3.05, 3.63) is 54.1 Å². The van der Waals surface area contributed by atoms with E-state index in [1.165, 1.54) is 24.4 Å². The summed E-state index contributed by atoms with van der Waals surface area (Å²) in [7, 11) is 0. The van der Waals surface area contributed by atoms with E-state index in [0.29, 0.717) is 11.1 Å². The summed E-state index contributed by atoms with van der Waals surface area (Å²) in [6.07, 6.45) is 1.26. The van der Waals surface area contributed by atoms with Crippen LogP contribution < -0.4 is 0 Å². The van der Waals surface area contributed by atoms with E-state index in [1.54, 1.807) is 12.1 Å². The van der Waals surface area contributed by atoms with Crippen LogP contribution >= 0.6 is 0 Å². The zero-order chi connectivity index (χ0) is 12.5. The molecular formula is C13H10F3N. The number of halogens is 3. The number of rotatable bonds is 2. The van der Waals surface area contributed by atoms with Crippen molar-refractivity contribution in [1.29, 1.82) is 0 Å². The number of hydrogen-bond donors (Lipinski definition) is 0. The molecule has 0 aliphatic carbocycles. The topological polar surface area (TPSA) is 12.9 Å². The lowest BCUT2D eigenvalue weighted by molar-refractivity contribution is 0.0181. The molecule has 2 aromatic rings. The quantitative estimate of drug-likeness (QED) is 0.719. The van der Waals surface area contributed by atoms with Gasteiger partial charge in [0, 0.05) is 24.8 Å². The summed E-state index contributed by atoms with van der Waals surface area (Å²) in [5.74, 6) is -3.65. The van der Waals surface area contributed by atoms with Crippen LogP contribution in [0.5, 0.6) is 0 Å². The zero-order valence-corrected chi connectivity index (χ0v) is 9.12. The Morgan fingerprint density at radius 3 is 2.47 bits per heavy atom. The molecule has 0 fully saturated rings. The molecule has 1 aromatic heterocycles. The van der Waals surface area contributed by atoms with Gasteiger partial charge in [0.25, 0.3) is 5.92 Å². The zero-order valence-electron chi connectivity index (χ0n) is 9.12. The Morgan fingerprint density at radius 2 is 1.82 bits per heavy atom. The van der Waals surface area contributed by atoms with Gasteiger partial charge in [-0.2, -0.15) is 4.39 Å². The molecule has 88 valence electrons. The van der Waals surface area contributed by atoms with Crippen molar-refractivity contribution in [2.24, 2.45) is 0 Å². The highest BCUT2D eigenvalue weighted by molar-refractivity contribution is 5.67. The molecule has 0 unspecified atom stereocenters.